The Morgan fingerprint density at radius 2 is 1.50 bits per heavy atom. The summed E-state index contributed by atoms with van der Waals surface area (Å²) in [6, 6.07) is 0. The highest BCUT2D eigenvalue weighted by Gasteiger charge is 2.33. The van der Waals surface area contributed by atoms with Crippen molar-refractivity contribution in [1.29, 1.82) is 0 Å². The molecule has 0 aromatic heterocycles. The van der Waals surface area contributed by atoms with Gasteiger partial charge in [0.05, 0.1) is 11.8 Å². The third-order valence-electron chi connectivity index (χ3n) is 3.76. The van der Waals surface area contributed by atoms with Crippen LogP contribution < -0.4 is 10.6 Å². The molecule has 0 unspecified atom stereocenters. The van der Waals surface area contributed by atoms with Crippen LogP contribution in [0.3, 0.4) is 0 Å². The third kappa shape index (κ3) is 3.82. The molecule has 1 fully saturated rings. The van der Waals surface area contributed by atoms with Crippen LogP contribution >= 0.6 is 0 Å². The van der Waals surface area contributed by atoms with Crippen LogP contribution in [0, 0.1) is 17.8 Å². The molecule has 6 heteroatoms. The quantitative estimate of drug-likeness (QED) is 0.481. The Hall–Kier alpha value is -1.85. The Kier molecular flexibility index (Phi) is 4.76. The number of aliphatic carboxylic acids is 1. The van der Waals surface area contributed by atoms with Crippen molar-refractivity contribution in [2.24, 2.45) is 17.8 Å². The summed E-state index contributed by atoms with van der Waals surface area (Å²) in [5.74, 6) is -2.15. The number of carbonyl (C=O) groups is 3. The maximum absolute atomic E-state index is 12.0. The number of rotatable bonds is 6. The number of allylic oxidation sites excluding steroid dienone is 2. The first-order valence-electron chi connectivity index (χ1n) is 7.03. The van der Waals surface area contributed by atoms with Crippen LogP contribution in [-0.2, 0) is 14.4 Å². The molecule has 0 heterocycles. The standard InChI is InChI=1S/C14H20N2O4/c17-12(9-5-6-9)15-7-8-16-13(18)10-3-1-2-4-11(10)14(19)20/h1-2,9-11H,3-8H2,(H,15,17)(H,16,18)(H,19,20)/t10-,11+/m1/s1. The van der Waals surface area contributed by atoms with E-state index in [1.807, 2.05) is 6.08 Å². The van der Waals surface area contributed by atoms with Gasteiger partial charge in [-0.1, -0.05) is 12.2 Å². The molecule has 6 nitrogen and oxygen atoms in total. The van der Waals surface area contributed by atoms with Gasteiger partial charge in [0, 0.05) is 19.0 Å². The van der Waals surface area contributed by atoms with Gasteiger partial charge in [-0.2, -0.15) is 0 Å². The third-order valence-corrected chi connectivity index (χ3v) is 3.76. The van der Waals surface area contributed by atoms with Gasteiger partial charge in [0.2, 0.25) is 11.8 Å². The van der Waals surface area contributed by atoms with Gasteiger partial charge >= 0.3 is 5.97 Å². The molecule has 2 rings (SSSR count). The Bertz CT molecular complexity index is 429. The minimum absolute atomic E-state index is 0.0447. The monoisotopic (exact) mass is 280 g/mol. The van der Waals surface area contributed by atoms with Crippen LogP contribution in [0.15, 0.2) is 12.2 Å². The maximum atomic E-state index is 12.0. The lowest BCUT2D eigenvalue weighted by atomic mass is 9.82. The van der Waals surface area contributed by atoms with Crippen molar-refractivity contribution in [3.05, 3.63) is 12.2 Å². The summed E-state index contributed by atoms with van der Waals surface area (Å²) < 4.78 is 0. The first kappa shape index (κ1) is 14.6. The van der Waals surface area contributed by atoms with Crippen molar-refractivity contribution in [3.8, 4) is 0 Å². The predicted octanol–water partition coefficient (Wildman–Crippen LogP) is 0.296. The van der Waals surface area contributed by atoms with Gasteiger partial charge in [-0.3, -0.25) is 14.4 Å². The molecule has 0 aliphatic heterocycles. The summed E-state index contributed by atoms with van der Waals surface area (Å²) in [6.07, 6.45) is 6.40. The fourth-order valence-corrected chi connectivity index (χ4v) is 2.37. The summed E-state index contributed by atoms with van der Waals surface area (Å²) in [6.45, 7) is 0.727. The maximum Gasteiger partial charge on any atom is 0.307 e. The van der Waals surface area contributed by atoms with Crippen LogP contribution in [0.4, 0.5) is 0 Å². The first-order chi connectivity index (χ1) is 9.59. The zero-order valence-electron chi connectivity index (χ0n) is 11.3. The SMILES string of the molecule is O=C(NCCNC(=O)[C@@H]1CC=CC[C@@H]1C(=O)O)C1CC1. The van der Waals surface area contributed by atoms with E-state index in [0.717, 1.165) is 12.8 Å². The fourth-order valence-electron chi connectivity index (χ4n) is 2.37. The zero-order chi connectivity index (χ0) is 14.5. The molecular formula is C14H20N2O4. The van der Waals surface area contributed by atoms with E-state index in [2.05, 4.69) is 10.6 Å². The number of hydrogen-bond donors (Lipinski definition) is 3. The molecule has 20 heavy (non-hydrogen) atoms. The largest absolute Gasteiger partial charge is 0.481 e. The van der Waals surface area contributed by atoms with E-state index in [-0.39, 0.29) is 17.7 Å². The number of carboxylic acids is 1. The van der Waals surface area contributed by atoms with Crippen molar-refractivity contribution in [1.82, 2.24) is 10.6 Å². The van der Waals surface area contributed by atoms with Gasteiger partial charge in [0.15, 0.2) is 0 Å². The van der Waals surface area contributed by atoms with Crippen LogP contribution in [0.2, 0.25) is 0 Å². The molecule has 0 spiro atoms. The first-order valence-corrected chi connectivity index (χ1v) is 7.03. The van der Waals surface area contributed by atoms with Gasteiger partial charge in [-0.05, 0) is 25.7 Å². The fraction of sp³-hybridized carbons (Fsp3) is 0.643. The lowest BCUT2D eigenvalue weighted by molar-refractivity contribution is -0.147. The summed E-state index contributed by atoms with van der Waals surface area (Å²) in [5.41, 5.74) is 0. The molecule has 0 bridgehead atoms. The van der Waals surface area contributed by atoms with E-state index < -0.39 is 17.8 Å². The highest BCUT2D eigenvalue weighted by Crippen LogP contribution is 2.28. The molecule has 0 radical (unpaired) electrons. The number of amides is 2. The second-order valence-electron chi connectivity index (χ2n) is 5.35. The second kappa shape index (κ2) is 6.54. The van der Waals surface area contributed by atoms with Crippen molar-refractivity contribution < 1.29 is 19.5 Å². The molecule has 0 saturated heterocycles. The molecular weight excluding hydrogens is 260 g/mol. The van der Waals surface area contributed by atoms with E-state index in [0.29, 0.717) is 25.9 Å². The van der Waals surface area contributed by atoms with Crippen molar-refractivity contribution >= 4 is 17.8 Å². The van der Waals surface area contributed by atoms with E-state index in [4.69, 9.17) is 5.11 Å². The molecule has 2 aliphatic carbocycles. The van der Waals surface area contributed by atoms with Crippen LogP contribution in [0.25, 0.3) is 0 Å². The normalized spacial score (nSPS) is 25.0. The minimum Gasteiger partial charge on any atom is -0.481 e. The smallest absolute Gasteiger partial charge is 0.307 e. The summed E-state index contributed by atoms with van der Waals surface area (Å²) in [5, 5.41) is 14.6. The van der Waals surface area contributed by atoms with Crippen molar-refractivity contribution in [2.75, 3.05) is 13.1 Å². The Labute approximate surface area is 117 Å². The number of nitrogens with one attached hydrogen (secondary N) is 2. The summed E-state index contributed by atoms with van der Waals surface area (Å²) in [4.78, 5) is 34.5. The lowest BCUT2D eigenvalue weighted by Crippen LogP contribution is -2.42. The van der Waals surface area contributed by atoms with Gasteiger partial charge in [-0.15, -0.1) is 0 Å². The highest BCUT2D eigenvalue weighted by molar-refractivity contribution is 5.85. The average Bonchev–Trinajstić information content (AvgIpc) is 3.27. The Morgan fingerprint density at radius 1 is 0.950 bits per heavy atom. The van der Waals surface area contributed by atoms with E-state index in [1.54, 1.807) is 6.08 Å². The Morgan fingerprint density at radius 3 is 2.05 bits per heavy atom. The van der Waals surface area contributed by atoms with Crippen LogP contribution in [0.1, 0.15) is 25.7 Å². The van der Waals surface area contributed by atoms with Crippen molar-refractivity contribution in [3.63, 3.8) is 0 Å². The van der Waals surface area contributed by atoms with Crippen LogP contribution in [0.5, 0.6) is 0 Å². The van der Waals surface area contributed by atoms with E-state index in [9.17, 15) is 14.4 Å². The molecule has 110 valence electrons. The highest BCUT2D eigenvalue weighted by atomic mass is 16.4. The second-order valence-corrected chi connectivity index (χ2v) is 5.35. The molecule has 1 saturated carbocycles. The number of carboxylic acid groups (broad SMARTS) is 1. The van der Waals surface area contributed by atoms with Crippen molar-refractivity contribution in [2.45, 2.75) is 25.7 Å². The number of carbonyl (C=O) groups excluding carboxylic acids is 2. The molecule has 3 N–H and O–H groups in total. The molecule has 0 aromatic rings. The van der Waals surface area contributed by atoms with Crippen LogP contribution in [-0.4, -0.2) is 36.0 Å². The van der Waals surface area contributed by atoms with E-state index in [1.165, 1.54) is 0 Å². The minimum atomic E-state index is -0.934. The summed E-state index contributed by atoms with van der Waals surface area (Å²) in [7, 11) is 0. The Balaban J connectivity index is 1.71. The molecule has 2 aliphatic rings. The topological polar surface area (TPSA) is 95.5 Å². The zero-order valence-corrected chi connectivity index (χ0v) is 11.3. The molecule has 2 atom stereocenters. The van der Waals surface area contributed by atoms with Gasteiger partial charge in [0.1, 0.15) is 0 Å². The number of hydrogen-bond acceptors (Lipinski definition) is 3. The average molecular weight is 280 g/mol. The predicted molar refractivity (Wildman–Crippen MR) is 71.7 cm³/mol. The lowest BCUT2D eigenvalue weighted by Gasteiger charge is -2.24. The van der Waals surface area contributed by atoms with E-state index >= 15 is 0 Å². The molecule has 0 aromatic carbocycles. The van der Waals surface area contributed by atoms with Gasteiger partial charge < -0.3 is 15.7 Å². The summed E-state index contributed by atoms with van der Waals surface area (Å²) >= 11 is 0. The molecule has 2 amide bonds. The van der Waals surface area contributed by atoms with Gasteiger partial charge in [0.25, 0.3) is 0 Å². The van der Waals surface area contributed by atoms with Gasteiger partial charge in [-0.25, -0.2) is 0 Å².